The molecule has 0 aliphatic carbocycles. The van der Waals surface area contributed by atoms with Gasteiger partial charge >= 0.3 is 5.97 Å². The first-order valence-electron chi connectivity index (χ1n) is 7.12. The van der Waals surface area contributed by atoms with E-state index in [9.17, 15) is 9.59 Å². The van der Waals surface area contributed by atoms with E-state index in [2.05, 4.69) is 0 Å². The van der Waals surface area contributed by atoms with Gasteiger partial charge < -0.3 is 9.52 Å². The van der Waals surface area contributed by atoms with Crippen molar-refractivity contribution in [2.24, 2.45) is 0 Å². The molecule has 0 atom stereocenters. The molecule has 114 valence electrons. The number of hydrogen-bond acceptors (Lipinski definition) is 3. The molecule has 0 saturated heterocycles. The summed E-state index contributed by atoms with van der Waals surface area (Å²) in [6, 6.07) is 18.6. The molecule has 4 heteroatoms. The molecule has 0 bridgehead atoms. The minimum atomic E-state index is -0.844. The molecule has 0 radical (unpaired) electrons. The lowest BCUT2D eigenvalue weighted by Crippen LogP contribution is -1.99. The maximum absolute atomic E-state index is 10.7. The molecular weight excluding hydrogens is 292 g/mol. The van der Waals surface area contributed by atoms with Crippen molar-refractivity contribution in [2.75, 3.05) is 0 Å². The normalized spacial score (nSPS) is 10.4. The van der Waals surface area contributed by atoms with E-state index in [0.29, 0.717) is 17.8 Å². The van der Waals surface area contributed by atoms with Gasteiger partial charge in [0, 0.05) is 5.56 Å². The smallest absolute Gasteiger partial charge is 0.307 e. The van der Waals surface area contributed by atoms with Crippen molar-refractivity contribution >= 4 is 12.3 Å². The van der Waals surface area contributed by atoms with Crippen molar-refractivity contribution in [3.8, 4) is 22.5 Å². The van der Waals surface area contributed by atoms with Gasteiger partial charge in [0.1, 0.15) is 5.76 Å². The van der Waals surface area contributed by atoms with Crippen LogP contribution in [0.4, 0.5) is 0 Å². The van der Waals surface area contributed by atoms with Crippen LogP contribution < -0.4 is 0 Å². The number of aldehydes is 1. The van der Waals surface area contributed by atoms with Crippen molar-refractivity contribution in [1.82, 2.24) is 0 Å². The third-order valence-electron chi connectivity index (χ3n) is 3.53. The molecule has 1 N–H and O–H groups in total. The SMILES string of the molecule is O=Cc1ccc(-c2cccc(-c3ccc(CC(=O)O)cc3)c2)o1. The highest BCUT2D eigenvalue weighted by molar-refractivity contribution is 5.75. The van der Waals surface area contributed by atoms with Crippen LogP contribution in [-0.4, -0.2) is 17.4 Å². The summed E-state index contributed by atoms with van der Waals surface area (Å²) in [6.45, 7) is 0. The quantitative estimate of drug-likeness (QED) is 0.722. The van der Waals surface area contributed by atoms with Crippen LogP contribution in [0.15, 0.2) is 65.1 Å². The Hall–Kier alpha value is -3.14. The number of hydrogen-bond donors (Lipinski definition) is 1. The summed E-state index contributed by atoms with van der Waals surface area (Å²) in [6.07, 6.45) is 0.690. The number of rotatable bonds is 5. The van der Waals surface area contributed by atoms with Crippen molar-refractivity contribution < 1.29 is 19.1 Å². The fraction of sp³-hybridized carbons (Fsp3) is 0.0526. The van der Waals surface area contributed by atoms with Gasteiger partial charge in [0.2, 0.25) is 0 Å². The molecule has 2 aromatic carbocycles. The molecule has 0 fully saturated rings. The molecule has 23 heavy (non-hydrogen) atoms. The predicted octanol–water partition coefficient (Wildman–Crippen LogP) is 4.05. The van der Waals surface area contributed by atoms with E-state index in [1.807, 2.05) is 48.5 Å². The van der Waals surface area contributed by atoms with Crippen LogP contribution in [0.1, 0.15) is 16.1 Å². The van der Waals surface area contributed by atoms with E-state index >= 15 is 0 Å². The lowest BCUT2D eigenvalue weighted by Gasteiger charge is -2.05. The summed E-state index contributed by atoms with van der Waals surface area (Å²) >= 11 is 0. The van der Waals surface area contributed by atoms with Gasteiger partial charge in [0.05, 0.1) is 6.42 Å². The highest BCUT2D eigenvalue weighted by Gasteiger charge is 2.07. The van der Waals surface area contributed by atoms with Crippen LogP contribution in [0.2, 0.25) is 0 Å². The van der Waals surface area contributed by atoms with Gasteiger partial charge in [-0.05, 0) is 34.9 Å². The fourth-order valence-corrected chi connectivity index (χ4v) is 2.41. The van der Waals surface area contributed by atoms with Crippen LogP contribution >= 0.6 is 0 Å². The van der Waals surface area contributed by atoms with Gasteiger partial charge in [-0.2, -0.15) is 0 Å². The summed E-state index contributed by atoms with van der Waals surface area (Å²) in [5, 5.41) is 8.80. The first kappa shape index (κ1) is 14.8. The first-order chi connectivity index (χ1) is 11.2. The maximum Gasteiger partial charge on any atom is 0.307 e. The number of carboxylic acid groups (broad SMARTS) is 1. The summed E-state index contributed by atoms with van der Waals surface area (Å²) in [4.78, 5) is 21.4. The van der Waals surface area contributed by atoms with Gasteiger partial charge in [-0.15, -0.1) is 0 Å². The zero-order valence-corrected chi connectivity index (χ0v) is 12.2. The molecule has 0 unspecified atom stereocenters. The van der Waals surface area contributed by atoms with Crippen molar-refractivity contribution in [3.63, 3.8) is 0 Å². The number of carbonyl (C=O) groups excluding carboxylic acids is 1. The molecule has 1 aromatic heterocycles. The zero-order valence-electron chi connectivity index (χ0n) is 12.2. The maximum atomic E-state index is 10.7. The molecule has 1 heterocycles. The monoisotopic (exact) mass is 306 g/mol. The number of furan rings is 1. The van der Waals surface area contributed by atoms with Gasteiger partial charge in [0.15, 0.2) is 12.0 Å². The third kappa shape index (κ3) is 3.37. The van der Waals surface area contributed by atoms with Crippen LogP contribution in [0.25, 0.3) is 22.5 Å². The van der Waals surface area contributed by atoms with Gasteiger partial charge in [-0.3, -0.25) is 9.59 Å². The van der Waals surface area contributed by atoms with E-state index in [-0.39, 0.29) is 6.42 Å². The van der Waals surface area contributed by atoms with E-state index in [1.165, 1.54) is 0 Å². The summed E-state index contributed by atoms with van der Waals surface area (Å²) < 4.78 is 5.44. The number of aliphatic carboxylic acids is 1. The number of carboxylic acids is 1. The topological polar surface area (TPSA) is 67.5 Å². The highest BCUT2D eigenvalue weighted by Crippen LogP contribution is 2.27. The van der Waals surface area contributed by atoms with Crippen molar-refractivity contribution in [2.45, 2.75) is 6.42 Å². The largest absolute Gasteiger partial charge is 0.481 e. The second-order valence-corrected chi connectivity index (χ2v) is 5.17. The second kappa shape index (κ2) is 6.32. The molecule has 0 saturated carbocycles. The number of carbonyl (C=O) groups is 2. The van der Waals surface area contributed by atoms with Crippen LogP contribution in [-0.2, 0) is 11.2 Å². The average molecular weight is 306 g/mol. The van der Waals surface area contributed by atoms with E-state index in [1.54, 1.807) is 12.1 Å². The summed E-state index contributed by atoms with van der Waals surface area (Å²) in [5.74, 6) is 0.0865. The summed E-state index contributed by atoms with van der Waals surface area (Å²) in [5.41, 5.74) is 3.63. The Balaban J connectivity index is 1.90. The van der Waals surface area contributed by atoms with Gasteiger partial charge in [0.25, 0.3) is 0 Å². The van der Waals surface area contributed by atoms with Crippen LogP contribution in [0.5, 0.6) is 0 Å². The Morgan fingerprint density at radius 2 is 1.70 bits per heavy atom. The minimum absolute atomic E-state index is 0.0151. The standard InChI is InChI=1S/C19H14O4/c20-12-17-8-9-18(23-17)16-3-1-2-15(11-16)14-6-4-13(5-7-14)10-19(21)22/h1-9,11-12H,10H2,(H,21,22). The van der Waals surface area contributed by atoms with Crippen LogP contribution in [0.3, 0.4) is 0 Å². The predicted molar refractivity (Wildman–Crippen MR) is 86.3 cm³/mol. The average Bonchev–Trinajstić information content (AvgIpc) is 3.04. The van der Waals surface area contributed by atoms with E-state index in [4.69, 9.17) is 9.52 Å². The molecule has 3 rings (SSSR count). The molecule has 0 spiro atoms. The van der Waals surface area contributed by atoms with Gasteiger partial charge in [-0.1, -0.05) is 42.5 Å². The van der Waals surface area contributed by atoms with Crippen LogP contribution in [0, 0.1) is 0 Å². The Morgan fingerprint density at radius 3 is 2.35 bits per heavy atom. The van der Waals surface area contributed by atoms with E-state index in [0.717, 1.165) is 22.3 Å². The van der Waals surface area contributed by atoms with Gasteiger partial charge in [-0.25, -0.2) is 0 Å². The Bertz CT molecular complexity index is 844. The zero-order chi connectivity index (χ0) is 16.2. The highest BCUT2D eigenvalue weighted by atomic mass is 16.4. The Kier molecular flexibility index (Phi) is 4.06. The Morgan fingerprint density at radius 1 is 0.957 bits per heavy atom. The number of benzene rings is 2. The molecule has 0 aliphatic rings. The summed E-state index contributed by atoms with van der Waals surface area (Å²) in [7, 11) is 0. The van der Waals surface area contributed by atoms with Crippen molar-refractivity contribution in [1.29, 1.82) is 0 Å². The van der Waals surface area contributed by atoms with E-state index < -0.39 is 5.97 Å². The second-order valence-electron chi connectivity index (χ2n) is 5.17. The van der Waals surface area contributed by atoms with Crippen molar-refractivity contribution in [3.05, 3.63) is 72.0 Å². The first-order valence-corrected chi connectivity index (χ1v) is 7.12. The molecule has 3 aromatic rings. The Labute approximate surface area is 133 Å². The molecular formula is C19H14O4. The lowest BCUT2D eigenvalue weighted by molar-refractivity contribution is -0.136. The third-order valence-corrected chi connectivity index (χ3v) is 3.53. The fourth-order valence-electron chi connectivity index (χ4n) is 2.41. The molecule has 0 amide bonds. The minimum Gasteiger partial charge on any atom is -0.481 e. The lowest BCUT2D eigenvalue weighted by atomic mass is 10.0. The molecule has 0 aliphatic heterocycles. The molecule has 4 nitrogen and oxygen atoms in total.